The molecule has 24 heavy (non-hydrogen) atoms. The first-order valence-corrected chi connectivity index (χ1v) is 7.11. The minimum atomic E-state index is -0.924. The molecule has 0 aliphatic heterocycles. The fraction of sp³-hybridized carbons (Fsp3) is 0.118. The zero-order valence-corrected chi connectivity index (χ0v) is 12.8. The lowest BCUT2D eigenvalue weighted by molar-refractivity contribution is 0.399. The molecule has 3 rings (SSSR count). The molecular formula is C17H14F2N4O. The molecule has 5 nitrogen and oxygen atoms in total. The van der Waals surface area contributed by atoms with Crippen LogP contribution in [0.15, 0.2) is 42.9 Å². The molecule has 0 amide bonds. The van der Waals surface area contributed by atoms with E-state index in [1.54, 1.807) is 18.6 Å². The molecule has 1 aromatic carbocycles. The molecular weight excluding hydrogens is 314 g/mol. The quantitative estimate of drug-likeness (QED) is 0.797. The Morgan fingerprint density at radius 3 is 2.33 bits per heavy atom. The van der Waals surface area contributed by atoms with Crippen molar-refractivity contribution in [3.8, 4) is 17.0 Å². The second-order valence-electron chi connectivity index (χ2n) is 5.16. The molecule has 0 spiro atoms. The fourth-order valence-electron chi connectivity index (χ4n) is 2.32. The number of hydrogen-bond donors (Lipinski definition) is 1. The number of halogens is 2. The van der Waals surface area contributed by atoms with Gasteiger partial charge in [-0.1, -0.05) is 6.07 Å². The molecule has 0 fully saturated rings. The lowest BCUT2D eigenvalue weighted by Crippen LogP contribution is -1.99. The molecule has 2 aromatic heterocycles. The number of benzene rings is 1. The largest absolute Gasteiger partial charge is 0.481 e. The van der Waals surface area contributed by atoms with E-state index in [1.807, 2.05) is 6.07 Å². The summed E-state index contributed by atoms with van der Waals surface area (Å²) in [7, 11) is 1.47. The molecule has 0 atom stereocenters. The maximum Gasteiger partial charge on any atom is 0.221 e. The van der Waals surface area contributed by atoms with Crippen LogP contribution in [0.2, 0.25) is 0 Å². The first-order valence-electron chi connectivity index (χ1n) is 7.11. The minimum Gasteiger partial charge on any atom is -0.481 e. The summed E-state index contributed by atoms with van der Waals surface area (Å²) in [6, 6.07) is 5.48. The number of rotatable bonds is 4. The first kappa shape index (κ1) is 15.8. The number of nitrogens with two attached hydrogens (primary N) is 1. The summed E-state index contributed by atoms with van der Waals surface area (Å²) < 4.78 is 31.9. The van der Waals surface area contributed by atoms with Crippen LogP contribution in [0.5, 0.6) is 5.88 Å². The molecule has 2 N–H and O–H groups in total. The highest BCUT2D eigenvalue weighted by Gasteiger charge is 2.12. The van der Waals surface area contributed by atoms with Crippen LogP contribution in [-0.2, 0) is 6.42 Å². The van der Waals surface area contributed by atoms with E-state index in [9.17, 15) is 8.78 Å². The van der Waals surface area contributed by atoms with Crippen LogP contribution < -0.4 is 10.5 Å². The van der Waals surface area contributed by atoms with E-state index in [0.717, 1.165) is 23.3 Å². The average Bonchev–Trinajstić information content (AvgIpc) is 2.59. The molecule has 3 aromatic rings. The highest BCUT2D eigenvalue weighted by atomic mass is 19.2. The van der Waals surface area contributed by atoms with E-state index in [-0.39, 0.29) is 5.95 Å². The monoisotopic (exact) mass is 328 g/mol. The Morgan fingerprint density at radius 1 is 0.958 bits per heavy atom. The van der Waals surface area contributed by atoms with Gasteiger partial charge in [-0.05, 0) is 34.9 Å². The molecule has 0 bridgehead atoms. The summed E-state index contributed by atoms with van der Waals surface area (Å²) in [5.41, 5.74) is 8.23. The van der Waals surface area contributed by atoms with Gasteiger partial charge < -0.3 is 10.5 Å². The molecule has 0 aliphatic carbocycles. The summed E-state index contributed by atoms with van der Waals surface area (Å²) in [6.45, 7) is 0. The Kier molecular flexibility index (Phi) is 4.33. The maximum absolute atomic E-state index is 13.5. The van der Waals surface area contributed by atoms with Gasteiger partial charge in [0.1, 0.15) is 0 Å². The molecule has 0 aliphatic rings. The van der Waals surface area contributed by atoms with Crippen LogP contribution in [0.3, 0.4) is 0 Å². The fourth-order valence-corrected chi connectivity index (χ4v) is 2.32. The second kappa shape index (κ2) is 6.57. The number of anilines is 1. The normalized spacial score (nSPS) is 10.6. The van der Waals surface area contributed by atoms with Crippen molar-refractivity contribution in [2.75, 3.05) is 12.8 Å². The first-order chi connectivity index (χ1) is 11.6. The van der Waals surface area contributed by atoms with Crippen molar-refractivity contribution in [3.63, 3.8) is 0 Å². The number of ether oxygens (including phenoxy) is 1. The molecule has 0 unspecified atom stereocenters. The topological polar surface area (TPSA) is 73.9 Å². The van der Waals surface area contributed by atoms with E-state index in [4.69, 9.17) is 10.5 Å². The van der Waals surface area contributed by atoms with Crippen LogP contribution in [0.25, 0.3) is 11.1 Å². The van der Waals surface area contributed by atoms with Crippen LogP contribution in [0.1, 0.15) is 11.1 Å². The minimum absolute atomic E-state index is 0.203. The van der Waals surface area contributed by atoms with Gasteiger partial charge in [0.2, 0.25) is 11.8 Å². The third-order valence-electron chi connectivity index (χ3n) is 3.47. The summed E-state index contributed by atoms with van der Waals surface area (Å²) in [5, 5.41) is 0. The third kappa shape index (κ3) is 3.29. The van der Waals surface area contributed by atoms with Gasteiger partial charge in [-0.15, -0.1) is 0 Å². The molecule has 122 valence electrons. The van der Waals surface area contributed by atoms with Crippen LogP contribution in [0.4, 0.5) is 14.7 Å². The summed E-state index contributed by atoms with van der Waals surface area (Å²) in [4.78, 5) is 12.1. The van der Waals surface area contributed by atoms with Gasteiger partial charge in [0.05, 0.1) is 7.11 Å². The molecule has 2 heterocycles. The number of methoxy groups -OCH3 is 1. The van der Waals surface area contributed by atoms with Crippen molar-refractivity contribution in [1.29, 1.82) is 0 Å². The lowest BCUT2D eigenvalue weighted by atomic mass is 10.0. The number of pyridine rings is 1. The smallest absolute Gasteiger partial charge is 0.221 e. The van der Waals surface area contributed by atoms with E-state index < -0.39 is 11.6 Å². The van der Waals surface area contributed by atoms with Gasteiger partial charge >= 0.3 is 0 Å². The van der Waals surface area contributed by atoms with Gasteiger partial charge in [-0.3, -0.25) is 0 Å². The summed E-state index contributed by atoms with van der Waals surface area (Å²) in [5.74, 6) is -1.29. The van der Waals surface area contributed by atoms with Gasteiger partial charge in [-0.2, -0.15) is 0 Å². The number of nitrogens with zero attached hydrogens (tertiary/aromatic N) is 3. The average molecular weight is 328 g/mol. The van der Waals surface area contributed by atoms with Crippen molar-refractivity contribution >= 4 is 5.95 Å². The Labute approximate surface area is 137 Å². The lowest BCUT2D eigenvalue weighted by Gasteiger charge is -2.10. The van der Waals surface area contributed by atoms with E-state index in [2.05, 4.69) is 15.0 Å². The van der Waals surface area contributed by atoms with Crippen LogP contribution in [0, 0.1) is 11.6 Å². The second-order valence-corrected chi connectivity index (χ2v) is 5.16. The number of aromatic nitrogens is 3. The van der Waals surface area contributed by atoms with Crippen molar-refractivity contribution in [2.24, 2.45) is 0 Å². The maximum atomic E-state index is 13.5. The molecule has 0 saturated carbocycles. The number of nitrogen functional groups attached to an aromatic ring is 1. The summed E-state index contributed by atoms with van der Waals surface area (Å²) in [6.07, 6.45) is 5.43. The molecule has 0 saturated heterocycles. The Balaban J connectivity index is 1.98. The van der Waals surface area contributed by atoms with Gasteiger partial charge in [0, 0.05) is 30.6 Å². The van der Waals surface area contributed by atoms with E-state index in [0.29, 0.717) is 23.4 Å². The third-order valence-corrected chi connectivity index (χ3v) is 3.47. The Morgan fingerprint density at radius 2 is 1.67 bits per heavy atom. The highest BCUT2D eigenvalue weighted by molar-refractivity contribution is 5.69. The van der Waals surface area contributed by atoms with Crippen molar-refractivity contribution in [2.45, 2.75) is 6.42 Å². The number of hydrogen-bond acceptors (Lipinski definition) is 5. The van der Waals surface area contributed by atoms with Gasteiger partial charge in [0.15, 0.2) is 11.6 Å². The van der Waals surface area contributed by atoms with E-state index >= 15 is 0 Å². The zero-order valence-electron chi connectivity index (χ0n) is 12.8. The predicted molar refractivity (Wildman–Crippen MR) is 85.4 cm³/mol. The molecule has 7 heteroatoms. The highest BCUT2D eigenvalue weighted by Crippen LogP contribution is 2.30. The zero-order chi connectivity index (χ0) is 17.1. The van der Waals surface area contributed by atoms with Gasteiger partial charge in [-0.25, -0.2) is 23.7 Å². The Bertz CT molecular complexity index is 869. The van der Waals surface area contributed by atoms with Crippen molar-refractivity contribution < 1.29 is 13.5 Å². The van der Waals surface area contributed by atoms with Crippen molar-refractivity contribution in [3.05, 3.63) is 65.6 Å². The van der Waals surface area contributed by atoms with Gasteiger partial charge in [0.25, 0.3) is 0 Å². The predicted octanol–water partition coefficient (Wildman–Crippen LogP) is 3.00. The van der Waals surface area contributed by atoms with Crippen molar-refractivity contribution in [1.82, 2.24) is 15.0 Å². The summed E-state index contributed by atoms with van der Waals surface area (Å²) >= 11 is 0. The van der Waals surface area contributed by atoms with Crippen LogP contribution >= 0.6 is 0 Å². The molecule has 0 radical (unpaired) electrons. The Hall–Kier alpha value is -3.09. The van der Waals surface area contributed by atoms with Crippen LogP contribution in [-0.4, -0.2) is 22.1 Å². The SMILES string of the molecule is COc1ncc(Cc2cnc(N)nc2)cc1-c1ccc(F)c(F)c1. The van der Waals surface area contributed by atoms with E-state index in [1.165, 1.54) is 13.2 Å². The standard InChI is InChI=1S/C17H14F2N4O/c1-24-16-13(12-2-3-14(18)15(19)6-12)5-10(7-21-16)4-11-8-22-17(20)23-9-11/h2-3,5-9H,4H2,1H3,(H2,20,22,23).